The van der Waals surface area contributed by atoms with E-state index in [9.17, 15) is 8.42 Å². The molecule has 0 saturated carbocycles. The summed E-state index contributed by atoms with van der Waals surface area (Å²) in [4.78, 5) is 4.97. The monoisotopic (exact) mass is 333 g/mol. The summed E-state index contributed by atoms with van der Waals surface area (Å²) >= 11 is 1.38. The van der Waals surface area contributed by atoms with Gasteiger partial charge >= 0.3 is 0 Å². The fraction of sp³-hybridized carbons (Fsp3) is 0.267. The molecule has 0 bridgehead atoms. The van der Waals surface area contributed by atoms with E-state index in [1.54, 1.807) is 29.2 Å². The summed E-state index contributed by atoms with van der Waals surface area (Å²) in [7, 11) is -3.52. The van der Waals surface area contributed by atoms with Crippen LogP contribution in [-0.4, -0.2) is 31.1 Å². The second-order valence-electron chi connectivity index (χ2n) is 5.38. The summed E-state index contributed by atoms with van der Waals surface area (Å²) in [5.41, 5.74) is 1.44. The van der Waals surface area contributed by atoms with Crippen molar-refractivity contribution in [2.45, 2.75) is 22.3 Å². The van der Waals surface area contributed by atoms with Gasteiger partial charge in [-0.1, -0.05) is 0 Å². The van der Waals surface area contributed by atoms with Crippen LogP contribution in [0, 0.1) is 0 Å². The van der Waals surface area contributed by atoms with Crippen molar-refractivity contribution in [1.82, 2.24) is 14.9 Å². The zero-order valence-electron chi connectivity index (χ0n) is 11.8. The molecule has 4 rings (SSSR count). The number of rotatable bonds is 3. The van der Waals surface area contributed by atoms with Crippen molar-refractivity contribution in [3.05, 3.63) is 41.4 Å². The van der Waals surface area contributed by atoms with E-state index in [1.807, 2.05) is 12.1 Å². The van der Waals surface area contributed by atoms with Crippen LogP contribution < -0.4 is 5.32 Å². The zero-order valence-corrected chi connectivity index (χ0v) is 13.4. The normalized spacial score (nSPS) is 19.0. The molecule has 22 heavy (non-hydrogen) atoms. The summed E-state index contributed by atoms with van der Waals surface area (Å²) < 4.78 is 27.8. The number of nitrogens with one attached hydrogen (secondary N) is 1. The van der Waals surface area contributed by atoms with Crippen molar-refractivity contribution in [1.29, 1.82) is 0 Å². The van der Waals surface area contributed by atoms with Gasteiger partial charge in [-0.05, 0) is 36.5 Å². The van der Waals surface area contributed by atoms with Crippen LogP contribution in [0.1, 0.15) is 12.5 Å². The minimum Gasteiger partial charge on any atom is -0.340 e. The molecule has 0 radical (unpaired) electrons. The Bertz CT molecular complexity index is 908. The van der Waals surface area contributed by atoms with Crippen LogP contribution in [0.2, 0.25) is 0 Å². The molecule has 1 atom stereocenters. The molecule has 1 aliphatic heterocycles. The van der Waals surface area contributed by atoms with Gasteiger partial charge in [-0.3, -0.25) is 4.98 Å². The number of nitrogens with zero attached hydrogens (tertiary/aromatic N) is 2. The summed E-state index contributed by atoms with van der Waals surface area (Å²) in [6, 6.07) is 5.71. The molecular weight excluding hydrogens is 318 g/mol. The minimum atomic E-state index is -3.52. The fourth-order valence-electron chi connectivity index (χ4n) is 2.96. The first-order valence-electron chi connectivity index (χ1n) is 7.11. The lowest BCUT2D eigenvalue weighted by molar-refractivity contribution is 0.560. The van der Waals surface area contributed by atoms with Crippen molar-refractivity contribution >= 4 is 32.2 Å². The maximum atomic E-state index is 12.9. The van der Waals surface area contributed by atoms with Gasteiger partial charge in [0.1, 0.15) is 10.4 Å². The SMILES string of the molecule is O=S(=O)(c1ccsc1)c1cn(C2CCNC2)c2cccnc12. The zero-order chi connectivity index (χ0) is 15.2. The third-order valence-electron chi connectivity index (χ3n) is 4.08. The number of fused-ring (bicyclic) bond motifs is 1. The van der Waals surface area contributed by atoms with Gasteiger partial charge < -0.3 is 9.88 Å². The first kappa shape index (κ1) is 13.9. The van der Waals surface area contributed by atoms with E-state index in [0.29, 0.717) is 15.3 Å². The quantitative estimate of drug-likeness (QED) is 0.800. The van der Waals surface area contributed by atoms with Crippen LogP contribution >= 0.6 is 11.3 Å². The topological polar surface area (TPSA) is 64.0 Å². The summed E-state index contributed by atoms with van der Waals surface area (Å²) in [6.45, 7) is 1.81. The Labute approximate surface area is 132 Å². The summed E-state index contributed by atoms with van der Waals surface area (Å²) in [5.74, 6) is 0. The van der Waals surface area contributed by atoms with Crippen molar-refractivity contribution in [3.8, 4) is 0 Å². The lowest BCUT2D eigenvalue weighted by atomic mass is 10.2. The van der Waals surface area contributed by atoms with Gasteiger partial charge in [-0.2, -0.15) is 11.3 Å². The van der Waals surface area contributed by atoms with Crippen molar-refractivity contribution in [2.24, 2.45) is 0 Å². The first-order chi connectivity index (χ1) is 10.7. The summed E-state index contributed by atoms with van der Waals surface area (Å²) in [6.07, 6.45) is 4.39. The number of hydrogen-bond acceptors (Lipinski definition) is 5. The van der Waals surface area contributed by atoms with Crippen LogP contribution in [-0.2, 0) is 9.84 Å². The largest absolute Gasteiger partial charge is 0.340 e. The van der Waals surface area contributed by atoms with E-state index < -0.39 is 9.84 Å². The highest BCUT2D eigenvalue weighted by atomic mass is 32.2. The van der Waals surface area contributed by atoms with Crippen LogP contribution in [0.4, 0.5) is 0 Å². The molecule has 1 aliphatic rings. The maximum absolute atomic E-state index is 12.9. The molecular formula is C15H15N3O2S2. The molecule has 0 aliphatic carbocycles. The average Bonchev–Trinajstić information content (AvgIpc) is 3.26. The minimum absolute atomic E-state index is 0.276. The predicted molar refractivity (Wildman–Crippen MR) is 86.0 cm³/mol. The van der Waals surface area contributed by atoms with Gasteiger partial charge in [0.2, 0.25) is 9.84 Å². The Kier molecular flexibility index (Phi) is 3.28. The van der Waals surface area contributed by atoms with E-state index in [2.05, 4.69) is 14.9 Å². The maximum Gasteiger partial charge on any atom is 0.211 e. The number of hydrogen-bond donors (Lipinski definition) is 1. The summed E-state index contributed by atoms with van der Waals surface area (Å²) in [5, 5.41) is 6.77. The number of aromatic nitrogens is 2. The highest BCUT2D eigenvalue weighted by molar-refractivity contribution is 7.91. The van der Waals surface area contributed by atoms with Crippen molar-refractivity contribution in [3.63, 3.8) is 0 Å². The molecule has 0 spiro atoms. The first-order valence-corrected chi connectivity index (χ1v) is 9.54. The fourth-order valence-corrected chi connectivity index (χ4v) is 5.40. The van der Waals surface area contributed by atoms with Gasteiger partial charge in [0.15, 0.2) is 0 Å². The Morgan fingerprint density at radius 1 is 1.36 bits per heavy atom. The third-order valence-corrected chi connectivity index (χ3v) is 6.66. The Hall–Kier alpha value is -1.70. The van der Waals surface area contributed by atoms with Crippen molar-refractivity contribution in [2.75, 3.05) is 13.1 Å². The van der Waals surface area contributed by atoms with Gasteiger partial charge in [0, 0.05) is 30.4 Å². The second-order valence-corrected chi connectivity index (χ2v) is 8.08. The molecule has 4 heterocycles. The van der Waals surface area contributed by atoms with Gasteiger partial charge in [0.05, 0.1) is 10.4 Å². The number of thiophene rings is 1. The standard InChI is InChI=1S/C15H15N3O2S2/c19-22(20,12-4-7-21-10-12)14-9-18(11-3-6-16-8-11)13-2-1-5-17-15(13)14/h1-2,4-5,7,9-11,16H,3,6,8H2. The predicted octanol–water partition coefficient (Wildman–Crippen LogP) is 2.47. The molecule has 114 valence electrons. The van der Waals surface area contributed by atoms with E-state index in [-0.39, 0.29) is 6.04 Å². The molecule has 3 aromatic heterocycles. The molecule has 0 aromatic carbocycles. The van der Waals surface area contributed by atoms with Gasteiger partial charge in [-0.15, -0.1) is 0 Å². The molecule has 5 nitrogen and oxygen atoms in total. The van der Waals surface area contributed by atoms with Crippen LogP contribution in [0.3, 0.4) is 0 Å². The third kappa shape index (κ3) is 2.08. The lowest BCUT2D eigenvalue weighted by Gasteiger charge is -2.11. The average molecular weight is 333 g/mol. The smallest absolute Gasteiger partial charge is 0.211 e. The number of pyridine rings is 1. The van der Waals surface area contributed by atoms with Crippen LogP contribution in [0.25, 0.3) is 11.0 Å². The van der Waals surface area contributed by atoms with E-state index in [4.69, 9.17) is 0 Å². The van der Waals surface area contributed by atoms with E-state index in [0.717, 1.165) is 25.0 Å². The molecule has 1 unspecified atom stereocenters. The molecule has 1 N–H and O–H groups in total. The molecule has 0 amide bonds. The number of sulfone groups is 1. The highest BCUT2D eigenvalue weighted by Gasteiger charge is 2.27. The van der Waals surface area contributed by atoms with Gasteiger partial charge in [-0.25, -0.2) is 8.42 Å². The van der Waals surface area contributed by atoms with Crippen LogP contribution in [0.5, 0.6) is 0 Å². The Morgan fingerprint density at radius 2 is 2.27 bits per heavy atom. The molecule has 7 heteroatoms. The van der Waals surface area contributed by atoms with Gasteiger partial charge in [0.25, 0.3) is 0 Å². The van der Waals surface area contributed by atoms with E-state index in [1.165, 1.54) is 11.3 Å². The molecule has 1 saturated heterocycles. The second kappa shape index (κ2) is 5.19. The Morgan fingerprint density at radius 3 is 3.00 bits per heavy atom. The van der Waals surface area contributed by atoms with Crippen LogP contribution in [0.15, 0.2) is 51.1 Å². The van der Waals surface area contributed by atoms with E-state index >= 15 is 0 Å². The molecule has 3 aromatic rings. The Balaban J connectivity index is 1.95. The lowest BCUT2D eigenvalue weighted by Crippen LogP contribution is -2.12. The van der Waals surface area contributed by atoms with Crippen molar-refractivity contribution < 1.29 is 8.42 Å². The molecule has 1 fully saturated rings. The highest BCUT2D eigenvalue weighted by Crippen LogP contribution is 2.32.